The molecule has 19 heavy (non-hydrogen) atoms. The molecular weight excluding hydrogens is 254 g/mol. The number of aromatic hydroxyl groups is 1. The standard InChI is InChI=1S/C10H9N5O4/c16-8-2-1-6(10(18)19)3-7(8)12-9(17)4-15-5-11-13-14-15/h1-3,5,16H,4H2,(H,12,17)(H,18,19). The number of rotatable bonds is 4. The second-order valence-electron chi connectivity index (χ2n) is 3.59. The van der Waals surface area contributed by atoms with E-state index >= 15 is 0 Å². The summed E-state index contributed by atoms with van der Waals surface area (Å²) in [5, 5.41) is 31.0. The molecule has 2 rings (SSSR count). The van der Waals surface area contributed by atoms with E-state index in [1.807, 2.05) is 0 Å². The largest absolute Gasteiger partial charge is 0.506 e. The minimum atomic E-state index is -1.16. The van der Waals surface area contributed by atoms with E-state index in [0.717, 1.165) is 6.07 Å². The molecule has 0 radical (unpaired) electrons. The lowest BCUT2D eigenvalue weighted by molar-refractivity contribution is -0.117. The third kappa shape index (κ3) is 3.03. The summed E-state index contributed by atoms with van der Waals surface area (Å²) in [5.41, 5.74) is -0.0338. The van der Waals surface area contributed by atoms with Crippen LogP contribution in [0.15, 0.2) is 24.5 Å². The number of nitrogens with one attached hydrogen (secondary N) is 1. The van der Waals surface area contributed by atoms with E-state index < -0.39 is 11.9 Å². The topological polar surface area (TPSA) is 130 Å². The summed E-state index contributed by atoms with van der Waals surface area (Å²) in [5.74, 6) is -1.88. The van der Waals surface area contributed by atoms with Gasteiger partial charge in [0.05, 0.1) is 11.3 Å². The monoisotopic (exact) mass is 263 g/mol. The van der Waals surface area contributed by atoms with E-state index in [1.165, 1.54) is 23.1 Å². The van der Waals surface area contributed by atoms with Crippen LogP contribution in [0.3, 0.4) is 0 Å². The van der Waals surface area contributed by atoms with Gasteiger partial charge in [-0.3, -0.25) is 4.79 Å². The van der Waals surface area contributed by atoms with Crippen molar-refractivity contribution in [3.8, 4) is 5.75 Å². The van der Waals surface area contributed by atoms with Crippen molar-refractivity contribution < 1.29 is 19.8 Å². The molecule has 0 saturated carbocycles. The highest BCUT2D eigenvalue weighted by molar-refractivity contribution is 5.95. The van der Waals surface area contributed by atoms with Crippen molar-refractivity contribution in [1.29, 1.82) is 0 Å². The lowest BCUT2D eigenvalue weighted by atomic mass is 10.2. The van der Waals surface area contributed by atoms with Crippen molar-refractivity contribution in [2.45, 2.75) is 6.54 Å². The Morgan fingerprint density at radius 1 is 1.37 bits per heavy atom. The molecule has 9 nitrogen and oxygen atoms in total. The molecule has 0 aliphatic heterocycles. The first-order valence-electron chi connectivity index (χ1n) is 5.13. The summed E-state index contributed by atoms with van der Waals surface area (Å²) < 4.78 is 1.19. The molecule has 0 atom stereocenters. The van der Waals surface area contributed by atoms with Gasteiger partial charge in [0.15, 0.2) is 0 Å². The zero-order valence-electron chi connectivity index (χ0n) is 9.52. The number of phenolic OH excluding ortho intramolecular Hbond substituents is 1. The summed E-state index contributed by atoms with van der Waals surface area (Å²) in [6.45, 7) is -0.149. The fourth-order valence-electron chi connectivity index (χ4n) is 1.36. The van der Waals surface area contributed by atoms with Gasteiger partial charge in [0.2, 0.25) is 5.91 Å². The number of hydrogen-bond donors (Lipinski definition) is 3. The number of carbonyl (C=O) groups is 2. The van der Waals surface area contributed by atoms with Gasteiger partial charge in [0, 0.05) is 0 Å². The number of aromatic nitrogens is 4. The Kier molecular flexibility index (Phi) is 3.37. The zero-order chi connectivity index (χ0) is 13.8. The minimum Gasteiger partial charge on any atom is -0.506 e. The second-order valence-corrected chi connectivity index (χ2v) is 3.59. The summed E-state index contributed by atoms with van der Waals surface area (Å²) >= 11 is 0. The molecule has 98 valence electrons. The van der Waals surface area contributed by atoms with Gasteiger partial charge in [0.25, 0.3) is 0 Å². The van der Waals surface area contributed by atoms with Gasteiger partial charge in [-0.1, -0.05) is 0 Å². The number of hydrogen-bond acceptors (Lipinski definition) is 6. The van der Waals surface area contributed by atoms with Crippen LogP contribution in [0.25, 0.3) is 0 Å². The lowest BCUT2D eigenvalue weighted by Gasteiger charge is -2.07. The molecule has 0 aliphatic carbocycles. The SMILES string of the molecule is O=C(Cn1cnnn1)Nc1cc(C(=O)O)ccc1O. The molecule has 9 heteroatoms. The number of benzene rings is 1. The molecule has 2 aromatic rings. The molecule has 0 unspecified atom stereocenters. The molecule has 1 aromatic carbocycles. The maximum absolute atomic E-state index is 11.6. The maximum Gasteiger partial charge on any atom is 0.335 e. The highest BCUT2D eigenvalue weighted by atomic mass is 16.4. The third-order valence-electron chi connectivity index (χ3n) is 2.21. The number of carboxylic acid groups (broad SMARTS) is 1. The van der Waals surface area contributed by atoms with Crippen molar-refractivity contribution >= 4 is 17.6 Å². The van der Waals surface area contributed by atoms with Gasteiger partial charge in [0.1, 0.15) is 18.6 Å². The van der Waals surface area contributed by atoms with Gasteiger partial charge in [-0.2, -0.15) is 0 Å². The zero-order valence-corrected chi connectivity index (χ0v) is 9.52. The predicted octanol–water partition coefficient (Wildman–Crippen LogP) is -0.284. The average Bonchev–Trinajstić information content (AvgIpc) is 2.84. The number of carboxylic acids is 1. The van der Waals surface area contributed by atoms with Crippen LogP contribution in [0.2, 0.25) is 0 Å². The van der Waals surface area contributed by atoms with E-state index in [2.05, 4.69) is 20.8 Å². The molecule has 0 fully saturated rings. The third-order valence-corrected chi connectivity index (χ3v) is 2.21. The summed E-state index contributed by atoms with van der Waals surface area (Å²) in [7, 11) is 0. The Balaban J connectivity index is 2.11. The van der Waals surface area contributed by atoms with E-state index in [9.17, 15) is 14.7 Å². The van der Waals surface area contributed by atoms with Crippen molar-refractivity contribution in [1.82, 2.24) is 20.2 Å². The van der Waals surface area contributed by atoms with Crippen LogP contribution >= 0.6 is 0 Å². The maximum atomic E-state index is 11.6. The van der Waals surface area contributed by atoms with Crippen molar-refractivity contribution in [3.05, 3.63) is 30.1 Å². The molecule has 0 aliphatic rings. The van der Waals surface area contributed by atoms with Crippen molar-refractivity contribution in [2.75, 3.05) is 5.32 Å². The molecule has 0 bridgehead atoms. The Bertz CT molecular complexity index is 610. The van der Waals surface area contributed by atoms with Crippen LogP contribution in [-0.2, 0) is 11.3 Å². The average molecular weight is 263 g/mol. The number of anilines is 1. The van der Waals surface area contributed by atoms with E-state index in [4.69, 9.17) is 5.11 Å². The van der Waals surface area contributed by atoms with Crippen LogP contribution in [-0.4, -0.2) is 42.3 Å². The van der Waals surface area contributed by atoms with Crippen molar-refractivity contribution in [2.24, 2.45) is 0 Å². The number of aromatic carboxylic acids is 1. The van der Waals surface area contributed by atoms with Gasteiger partial charge < -0.3 is 15.5 Å². The molecule has 3 N–H and O–H groups in total. The molecule has 0 spiro atoms. The summed E-state index contributed by atoms with van der Waals surface area (Å²) in [6.07, 6.45) is 1.26. The van der Waals surface area contributed by atoms with E-state index in [0.29, 0.717) is 0 Å². The Hall–Kier alpha value is -2.97. The van der Waals surface area contributed by atoms with Gasteiger partial charge in [-0.15, -0.1) is 5.10 Å². The van der Waals surface area contributed by atoms with Gasteiger partial charge in [-0.05, 0) is 28.6 Å². The van der Waals surface area contributed by atoms with E-state index in [-0.39, 0.29) is 23.5 Å². The summed E-state index contributed by atoms with van der Waals surface area (Å²) in [6, 6.07) is 3.58. The number of nitrogens with zero attached hydrogens (tertiary/aromatic N) is 4. The smallest absolute Gasteiger partial charge is 0.335 e. The molecule has 1 amide bonds. The van der Waals surface area contributed by atoms with Crippen LogP contribution in [0.4, 0.5) is 5.69 Å². The minimum absolute atomic E-state index is 0.0120. The number of tetrazole rings is 1. The van der Waals surface area contributed by atoms with E-state index in [1.54, 1.807) is 0 Å². The second kappa shape index (κ2) is 5.12. The van der Waals surface area contributed by atoms with Gasteiger partial charge in [-0.25, -0.2) is 9.48 Å². The molecule has 1 aromatic heterocycles. The fraction of sp³-hybridized carbons (Fsp3) is 0.100. The first-order chi connectivity index (χ1) is 9.06. The Morgan fingerprint density at radius 3 is 2.79 bits per heavy atom. The van der Waals surface area contributed by atoms with Gasteiger partial charge >= 0.3 is 5.97 Å². The normalized spacial score (nSPS) is 10.1. The highest BCUT2D eigenvalue weighted by Gasteiger charge is 2.11. The number of carbonyl (C=O) groups excluding carboxylic acids is 1. The number of phenols is 1. The van der Waals surface area contributed by atoms with Crippen LogP contribution in [0.5, 0.6) is 5.75 Å². The number of amides is 1. The first-order valence-corrected chi connectivity index (χ1v) is 5.13. The van der Waals surface area contributed by atoms with Crippen LogP contribution < -0.4 is 5.32 Å². The quantitative estimate of drug-likeness (QED) is 0.646. The summed E-state index contributed by atoms with van der Waals surface area (Å²) in [4.78, 5) is 22.4. The molecule has 1 heterocycles. The van der Waals surface area contributed by atoms with Crippen LogP contribution in [0.1, 0.15) is 10.4 Å². The van der Waals surface area contributed by atoms with Crippen molar-refractivity contribution in [3.63, 3.8) is 0 Å². The highest BCUT2D eigenvalue weighted by Crippen LogP contribution is 2.24. The van der Waals surface area contributed by atoms with Crippen LogP contribution in [0, 0.1) is 0 Å². The molecular formula is C10H9N5O4. The first kappa shape index (κ1) is 12.5. The Labute approximate surface area is 106 Å². The molecule has 0 saturated heterocycles. The lowest BCUT2D eigenvalue weighted by Crippen LogP contribution is -2.19. The fourth-order valence-corrected chi connectivity index (χ4v) is 1.36. The predicted molar refractivity (Wildman–Crippen MR) is 61.5 cm³/mol. The Morgan fingerprint density at radius 2 is 2.16 bits per heavy atom.